The van der Waals surface area contributed by atoms with E-state index >= 15 is 0 Å². The smallest absolute Gasteiger partial charge is 0.158 e. The lowest BCUT2D eigenvalue weighted by atomic mass is 10.2. The van der Waals surface area contributed by atoms with Gasteiger partial charge in [0.2, 0.25) is 0 Å². The van der Waals surface area contributed by atoms with E-state index in [9.17, 15) is 8.42 Å². The second-order valence-electron chi connectivity index (χ2n) is 5.05. The van der Waals surface area contributed by atoms with Crippen LogP contribution in [0, 0.1) is 0 Å². The summed E-state index contributed by atoms with van der Waals surface area (Å²) >= 11 is 0. The zero-order valence-electron chi connectivity index (χ0n) is 11.0. The van der Waals surface area contributed by atoms with E-state index in [0.717, 1.165) is 0 Å². The third-order valence-corrected chi connectivity index (χ3v) is 5.26. The number of benzene rings is 1. The molecule has 1 N–H and O–H groups in total. The lowest BCUT2D eigenvalue weighted by molar-refractivity contribution is 0.267. The highest BCUT2D eigenvalue weighted by Crippen LogP contribution is 2.19. The first-order valence-electron chi connectivity index (χ1n) is 5.82. The number of hydrogen-bond donors (Lipinski definition) is 1. The molecule has 18 heavy (non-hydrogen) atoms. The number of aliphatic hydroxyl groups excluding tert-OH is 1. The molecule has 0 aliphatic rings. The fourth-order valence-corrected chi connectivity index (χ4v) is 2.26. The maximum absolute atomic E-state index is 11.9. The maximum Gasteiger partial charge on any atom is 0.158 e. The van der Waals surface area contributed by atoms with Crippen LogP contribution >= 0.6 is 0 Å². The van der Waals surface area contributed by atoms with E-state index in [0.29, 0.717) is 11.3 Å². The molecule has 4 nitrogen and oxygen atoms in total. The van der Waals surface area contributed by atoms with Crippen LogP contribution in [-0.2, 0) is 16.4 Å². The molecule has 102 valence electrons. The van der Waals surface area contributed by atoms with Gasteiger partial charge in [-0.25, -0.2) is 8.42 Å². The van der Waals surface area contributed by atoms with Crippen molar-refractivity contribution in [1.82, 2.24) is 0 Å². The van der Waals surface area contributed by atoms with E-state index in [1.807, 2.05) is 0 Å². The Labute approximate surface area is 109 Å². The third kappa shape index (κ3) is 3.71. The molecule has 0 unspecified atom stereocenters. The minimum Gasteiger partial charge on any atom is -0.492 e. The van der Waals surface area contributed by atoms with E-state index < -0.39 is 14.6 Å². The van der Waals surface area contributed by atoms with Gasteiger partial charge in [0.1, 0.15) is 12.4 Å². The Morgan fingerprint density at radius 1 is 1.22 bits per heavy atom. The van der Waals surface area contributed by atoms with Crippen LogP contribution in [0.3, 0.4) is 0 Å². The molecule has 0 fully saturated rings. The average molecular weight is 272 g/mol. The lowest BCUT2D eigenvalue weighted by Gasteiger charge is -2.19. The van der Waals surface area contributed by atoms with Crippen LogP contribution in [0.15, 0.2) is 24.3 Å². The molecule has 1 aromatic rings. The van der Waals surface area contributed by atoms with Crippen molar-refractivity contribution in [2.45, 2.75) is 32.1 Å². The molecule has 0 amide bonds. The van der Waals surface area contributed by atoms with Crippen molar-refractivity contribution in [2.24, 2.45) is 0 Å². The van der Waals surface area contributed by atoms with Crippen molar-refractivity contribution in [3.05, 3.63) is 29.8 Å². The number of hydrogen-bond acceptors (Lipinski definition) is 4. The molecule has 0 bridgehead atoms. The maximum atomic E-state index is 11.9. The van der Waals surface area contributed by atoms with Crippen LogP contribution in [0.25, 0.3) is 0 Å². The highest BCUT2D eigenvalue weighted by molar-refractivity contribution is 7.92. The molecule has 0 aromatic heterocycles. The van der Waals surface area contributed by atoms with Crippen LogP contribution in [0.2, 0.25) is 0 Å². The molecule has 1 rings (SSSR count). The third-order valence-electron chi connectivity index (χ3n) is 2.69. The fraction of sp³-hybridized carbons (Fsp3) is 0.538. The zero-order valence-corrected chi connectivity index (χ0v) is 11.8. The first-order valence-corrected chi connectivity index (χ1v) is 7.47. The monoisotopic (exact) mass is 272 g/mol. The zero-order chi connectivity index (χ0) is 13.8. The number of para-hydroxylation sites is 1. The summed E-state index contributed by atoms with van der Waals surface area (Å²) in [6, 6.07) is 7.04. The fourth-order valence-electron chi connectivity index (χ4n) is 1.34. The van der Waals surface area contributed by atoms with E-state index in [1.165, 1.54) is 0 Å². The Morgan fingerprint density at radius 2 is 1.83 bits per heavy atom. The summed E-state index contributed by atoms with van der Waals surface area (Å²) in [6.07, 6.45) is 0. The van der Waals surface area contributed by atoms with Crippen molar-refractivity contribution in [2.75, 3.05) is 12.4 Å². The summed E-state index contributed by atoms with van der Waals surface area (Å²) in [7, 11) is -3.17. The minimum atomic E-state index is -3.17. The van der Waals surface area contributed by atoms with Crippen molar-refractivity contribution in [1.29, 1.82) is 0 Å². The summed E-state index contributed by atoms with van der Waals surface area (Å²) in [5.41, 5.74) is 0.658. The van der Waals surface area contributed by atoms with Gasteiger partial charge < -0.3 is 9.84 Å². The van der Waals surface area contributed by atoms with E-state index in [1.54, 1.807) is 45.0 Å². The number of aliphatic hydroxyl groups is 1. The number of ether oxygens (including phenoxy) is 1. The molecule has 0 aliphatic carbocycles. The standard InChI is InChI=1S/C13H20O4S/c1-13(2,3)18(15,16)9-8-17-12-7-5-4-6-11(12)10-14/h4-7,14H,8-10H2,1-3H3. The SMILES string of the molecule is CC(C)(C)S(=O)(=O)CCOc1ccccc1CO. The summed E-state index contributed by atoms with van der Waals surface area (Å²) in [5.74, 6) is 0.500. The predicted octanol–water partition coefficient (Wildman–Crippen LogP) is 1.77. The quantitative estimate of drug-likeness (QED) is 0.887. The van der Waals surface area contributed by atoms with Crippen LogP contribution in [-0.4, -0.2) is 30.6 Å². The van der Waals surface area contributed by atoms with Crippen LogP contribution in [0.5, 0.6) is 5.75 Å². The Bertz CT molecular complexity index is 486. The highest BCUT2D eigenvalue weighted by Gasteiger charge is 2.28. The van der Waals surface area contributed by atoms with Crippen molar-refractivity contribution in [3.63, 3.8) is 0 Å². The molecule has 0 atom stereocenters. The Balaban J connectivity index is 2.63. The molecular formula is C13H20O4S. The highest BCUT2D eigenvalue weighted by atomic mass is 32.2. The Morgan fingerprint density at radius 3 is 2.39 bits per heavy atom. The molecule has 1 aromatic carbocycles. The van der Waals surface area contributed by atoms with Gasteiger partial charge in [-0.15, -0.1) is 0 Å². The molecule has 0 aliphatic heterocycles. The molecule has 0 radical (unpaired) electrons. The van der Waals surface area contributed by atoms with Gasteiger partial charge in [-0.05, 0) is 26.8 Å². The van der Waals surface area contributed by atoms with Crippen LogP contribution in [0.1, 0.15) is 26.3 Å². The largest absolute Gasteiger partial charge is 0.492 e. The second kappa shape index (κ2) is 5.71. The van der Waals surface area contributed by atoms with Crippen LogP contribution < -0.4 is 4.74 Å². The average Bonchev–Trinajstić information content (AvgIpc) is 2.28. The van der Waals surface area contributed by atoms with Gasteiger partial charge in [0, 0.05) is 5.56 Å². The Kier molecular flexibility index (Phi) is 4.76. The predicted molar refractivity (Wildman–Crippen MR) is 71.4 cm³/mol. The first-order chi connectivity index (χ1) is 8.28. The van der Waals surface area contributed by atoms with Gasteiger partial charge >= 0.3 is 0 Å². The molecule has 0 spiro atoms. The van der Waals surface area contributed by atoms with Gasteiger partial charge in [-0.3, -0.25) is 0 Å². The van der Waals surface area contributed by atoms with Crippen LogP contribution in [0.4, 0.5) is 0 Å². The Hall–Kier alpha value is -1.07. The summed E-state index contributed by atoms with van der Waals surface area (Å²) < 4.78 is 28.4. The van der Waals surface area contributed by atoms with Gasteiger partial charge in [-0.2, -0.15) is 0 Å². The summed E-state index contributed by atoms with van der Waals surface area (Å²) in [4.78, 5) is 0. The minimum absolute atomic E-state index is 0.0315. The van der Waals surface area contributed by atoms with Gasteiger partial charge in [0.05, 0.1) is 17.1 Å². The van der Waals surface area contributed by atoms with Crippen molar-refractivity contribution < 1.29 is 18.3 Å². The molecular weight excluding hydrogens is 252 g/mol. The van der Waals surface area contributed by atoms with Gasteiger partial charge in [0.15, 0.2) is 9.84 Å². The second-order valence-corrected chi connectivity index (χ2v) is 7.91. The summed E-state index contributed by atoms with van der Waals surface area (Å²) in [5, 5.41) is 9.11. The van der Waals surface area contributed by atoms with Gasteiger partial charge in [-0.1, -0.05) is 18.2 Å². The topological polar surface area (TPSA) is 63.6 Å². The number of rotatable bonds is 5. The van der Waals surface area contributed by atoms with E-state index in [2.05, 4.69) is 0 Å². The van der Waals surface area contributed by atoms with Crippen molar-refractivity contribution >= 4 is 9.84 Å². The molecule has 0 heterocycles. The molecule has 5 heteroatoms. The normalized spacial score (nSPS) is 12.4. The first kappa shape index (κ1) is 15.0. The molecule has 0 saturated carbocycles. The van der Waals surface area contributed by atoms with Crippen molar-refractivity contribution in [3.8, 4) is 5.75 Å². The van der Waals surface area contributed by atoms with E-state index in [-0.39, 0.29) is 19.0 Å². The summed E-state index contributed by atoms with van der Waals surface area (Å²) in [6.45, 7) is 4.98. The van der Waals surface area contributed by atoms with E-state index in [4.69, 9.17) is 9.84 Å². The lowest BCUT2D eigenvalue weighted by Crippen LogP contribution is -2.32. The van der Waals surface area contributed by atoms with Gasteiger partial charge in [0.25, 0.3) is 0 Å². The molecule has 0 saturated heterocycles. The number of sulfone groups is 1.